The van der Waals surface area contributed by atoms with Gasteiger partial charge in [0.2, 0.25) is 6.29 Å². The van der Waals surface area contributed by atoms with Crippen molar-refractivity contribution >= 4 is 12.0 Å². The Morgan fingerprint density at radius 1 is 1.06 bits per heavy atom. The summed E-state index contributed by atoms with van der Waals surface area (Å²) in [4.78, 5) is 12.0. The molecule has 6 atom stereocenters. The number of hydrogen-bond donors (Lipinski definition) is 6. The van der Waals surface area contributed by atoms with E-state index in [4.69, 9.17) is 19.5 Å². The number of carbonyl (C=O) groups excluding carboxylic acids is 1. The first-order chi connectivity index (χ1) is 16.2. The first-order valence-electron chi connectivity index (χ1n) is 10.1. The van der Waals surface area contributed by atoms with Gasteiger partial charge in [0.15, 0.2) is 17.6 Å². The predicted molar refractivity (Wildman–Crippen MR) is 114 cm³/mol. The second-order valence-corrected chi connectivity index (χ2v) is 7.44. The van der Waals surface area contributed by atoms with Crippen LogP contribution in [0.25, 0.3) is 6.08 Å². The van der Waals surface area contributed by atoms with Crippen LogP contribution in [-0.4, -0.2) is 73.9 Å². The summed E-state index contributed by atoms with van der Waals surface area (Å²) in [6.45, 7) is -0.470. The van der Waals surface area contributed by atoms with Gasteiger partial charge in [-0.25, -0.2) is 4.79 Å². The lowest BCUT2D eigenvalue weighted by Crippen LogP contribution is -2.60. The molecule has 3 rings (SSSR count). The van der Waals surface area contributed by atoms with Gasteiger partial charge in [-0.2, -0.15) is 5.26 Å². The Labute approximate surface area is 193 Å². The maximum atomic E-state index is 12.0. The third-order valence-corrected chi connectivity index (χ3v) is 5.04. The molecule has 0 bridgehead atoms. The summed E-state index contributed by atoms with van der Waals surface area (Å²) in [7, 11) is 0. The first-order valence-corrected chi connectivity index (χ1v) is 10.1. The van der Waals surface area contributed by atoms with Crippen LogP contribution in [-0.2, 0) is 14.3 Å². The van der Waals surface area contributed by atoms with E-state index in [0.29, 0.717) is 11.1 Å². The molecule has 1 heterocycles. The Bertz CT molecular complexity index is 1060. The van der Waals surface area contributed by atoms with Gasteiger partial charge in [-0.15, -0.1) is 0 Å². The van der Waals surface area contributed by atoms with Gasteiger partial charge in [0, 0.05) is 6.08 Å². The van der Waals surface area contributed by atoms with Crippen LogP contribution in [0, 0.1) is 11.3 Å². The Hall–Kier alpha value is -3.66. The number of aromatic hydroxyl groups is 2. The Morgan fingerprint density at radius 3 is 2.41 bits per heavy atom. The van der Waals surface area contributed by atoms with Gasteiger partial charge in [-0.05, 0) is 41.5 Å². The van der Waals surface area contributed by atoms with E-state index < -0.39 is 49.4 Å². The molecule has 11 heteroatoms. The van der Waals surface area contributed by atoms with Crippen molar-refractivity contribution in [2.75, 3.05) is 6.61 Å². The molecule has 0 spiro atoms. The van der Waals surface area contributed by atoms with Crippen LogP contribution in [0.5, 0.6) is 17.2 Å². The van der Waals surface area contributed by atoms with Crippen LogP contribution in [0.4, 0.5) is 0 Å². The van der Waals surface area contributed by atoms with Crippen molar-refractivity contribution in [3.05, 3.63) is 59.7 Å². The van der Waals surface area contributed by atoms with Crippen molar-refractivity contribution in [3.63, 3.8) is 0 Å². The number of rotatable bonds is 7. The van der Waals surface area contributed by atoms with Gasteiger partial charge < -0.3 is 44.8 Å². The first kappa shape index (κ1) is 25.0. The Kier molecular flexibility index (Phi) is 8.06. The molecule has 1 aliphatic heterocycles. The Morgan fingerprint density at radius 2 is 1.76 bits per heavy atom. The number of phenolic OH excluding ortho intramolecular Hbond substituents is 2. The second-order valence-electron chi connectivity index (χ2n) is 7.44. The third-order valence-electron chi connectivity index (χ3n) is 5.04. The minimum Gasteiger partial charge on any atom is -0.504 e. The number of nitriles is 1. The smallest absolute Gasteiger partial charge is 0.330 e. The highest BCUT2D eigenvalue weighted by atomic mass is 16.7. The largest absolute Gasteiger partial charge is 0.504 e. The lowest BCUT2D eigenvalue weighted by atomic mass is 9.99. The lowest BCUT2D eigenvalue weighted by molar-refractivity contribution is -0.278. The van der Waals surface area contributed by atoms with Gasteiger partial charge >= 0.3 is 5.97 Å². The normalized spacial score (nSPS) is 25.4. The fraction of sp³-hybridized carbons (Fsp3) is 0.304. The number of carbonyl (C=O) groups is 1. The zero-order valence-corrected chi connectivity index (χ0v) is 17.6. The maximum Gasteiger partial charge on any atom is 0.330 e. The molecule has 6 N–H and O–H groups in total. The molecule has 1 fully saturated rings. The summed E-state index contributed by atoms with van der Waals surface area (Å²) in [5, 5.41) is 67.6. The summed E-state index contributed by atoms with van der Waals surface area (Å²) in [5.74, 6) is -1.29. The molecule has 1 aliphatic rings. The molecular weight excluding hydrogens is 450 g/mol. The van der Waals surface area contributed by atoms with E-state index in [1.54, 1.807) is 6.07 Å². The quantitative estimate of drug-likeness (QED) is 0.138. The SMILES string of the molecule is N#C[C@@H](O)c1ccc(O[C@@H]2O[C@H](COC(=O)/C=C/c3ccc(O)c(O)c3)[C@@H](O)[C@H](O)[C@H]2O)cc1. The maximum absolute atomic E-state index is 12.0. The van der Waals surface area contributed by atoms with E-state index in [1.807, 2.05) is 0 Å². The molecule has 0 unspecified atom stereocenters. The fourth-order valence-electron chi connectivity index (χ4n) is 3.11. The van der Waals surface area contributed by atoms with Crippen LogP contribution in [0.1, 0.15) is 17.2 Å². The Balaban J connectivity index is 1.59. The molecule has 0 amide bonds. The zero-order chi connectivity index (χ0) is 24.8. The number of nitrogens with zero attached hydrogens (tertiary/aromatic N) is 1. The summed E-state index contributed by atoms with van der Waals surface area (Å²) in [5.41, 5.74) is 0.747. The molecule has 0 radical (unpaired) electrons. The van der Waals surface area contributed by atoms with E-state index in [2.05, 4.69) is 0 Å². The molecule has 1 saturated heterocycles. The van der Waals surface area contributed by atoms with Gasteiger partial charge in [0.25, 0.3) is 0 Å². The summed E-state index contributed by atoms with van der Waals surface area (Å²) in [6, 6.07) is 11.3. The van der Waals surface area contributed by atoms with Crippen molar-refractivity contribution in [2.45, 2.75) is 36.8 Å². The summed E-state index contributed by atoms with van der Waals surface area (Å²) < 4.78 is 16.0. The number of hydrogen-bond acceptors (Lipinski definition) is 11. The topological polar surface area (TPSA) is 190 Å². The molecular formula is C23H23NO10. The molecule has 34 heavy (non-hydrogen) atoms. The standard InChI is InChI=1S/C23H23NO10/c24-10-17(27)13-3-5-14(6-4-13)33-23-22(31)21(30)20(29)18(34-23)11-32-19(28)8-2-12-1-7-15(25)16(26)9-12/h1-9,17-18,20-23,25-27,29-31H,11H2/b8-2+/t17-,18-,20-,21+,22-,23-/m1/s1. The van der Waals surface area contributed by atoms with Gasteiger partial charge in [-0.3, -0.25) is 0 Å². The predicted octanol–water partition coefficient (Wildman–Crippen LogP) is 0.0978. The zero-order valence-electron chi connectivity index (χ0n) is 17.6. The van der Waals surface area contributed by atoms with Crippen LogP contribution >= 0.6 is 0 Å². The number of esters is 1. The van der Waals surface area contributed by atoms with Crippen LogP contribution < -0.4 is 4.74 Å². The molecule has 0 saturated carbocycles. The van der Waals surface area contributed by atoms with Gasteiger partial charge in [0.05, 0.1) is 6.07 Å². The molecule has 2 aromatic rings. The van der Waals surface area contributed by atoms with Crippen LogP contribution in [0.2, 0.25) is 0 Å². The van der Waals surface area contributed by atoms with Crippen molar-refractivity contribution in [1.82, 2.24) is 0 Å². The fourth-order valence-corrected chi connectivity index (χ4v) is 3.11. The van der Waals surface area contributed by atoms with Crippen molar-refractivity contribution in [1.29, 1.82) is 5.26 Å². The number of benzene rings is 2. The number of ether oxygens (including phenoxy) is 3. The van der Waals surface area contributed by atoms with Gasteiger partial charge in [-0.1, -0.05) is 18.2 Å². The van der Waals surface area contributed by atoms with E-state index in [9.17, 15) is 35.4 Å². The minimum absolute atomic E-state index is 0.192. The molecule has 0 aliphatic carbocycles. The average molecular weight is 473 g/mol. The van der Waals surface area contributed by atoms with E-state index in [-0.39, 0.29) is 17.2 Å². The third kappa shape index (κ3) is 6.02. The highest BCUT2D eigenvalue weighted by molar-refractivity contribution is 5.87. The number of phenols is 2. The minimum atomic E-state index is -1.65. The van der Waals surface area contributed by atoms with E-state index in [0.717, 1.165) is 6.08 Å². The molecule has 2 aromatic carbocycles. The summed E-state index contributed by atoms with van der Waals surface area (Å²) in [6.07, 6.45) is -6.41. The lowest BCUT2D eigenvalue weighted by Gasteiger charge is -2.39. The second kappa shape index (κ2) is 11.0. The van der Waals surface area contributed by atoms with Crippen LogP contribution in [0.3, 0.4) is 0 Å². The highest BCUT2D eigenvalue weighted by Crippen LogP contribution is 2.27. The molecule has 11 nitrogen and oxygen atoms in total. The van der Waals surface area contributed by atoms with Gasteiger partial charge in [0.1, 0.15) is 36.8 Å². The van der Waals surface area contributed by atoms with Crippen molar-refractivity contribution in [2.24, 2.45) is 0 Å². The molecule has 0 aromatic heterocycles. The van der Waals surface area contributed by atoms with E-state index in [1.165, 1.54) is 48.5 Å². The average Bonchev–Trinajstić information content (AvgIpc) is 2.84. The highest BCUT2D eigenvalue weighted by Gasteiger charge is 2.45. The van der Waals surface area contributed by atoms with Crippen LogP contribution in [0.15, 0.2) is 48.5 Å². The summed E-state index contributed by atoms with van der Waals surface area (Å²) >= 11 is 0. The number of aliphatic hydroxyl groups excluding tert-OH is 4. The molecule has 180 valence electrons. The monoisotopic (exact) mass is 473 g/mol. The van der Waals surface area contributed by atoms with E-state index >= 15 is 0 Å². The van der Waals surface area contributed by atoms with Crippen molar-refractivity contribution < 1.29 is 49.6 Å². The van der Waals surface area contributed by atoms with Crippen molar-refractivity contribution in [3.8, 4) is 23.3 Å². The number of aliphatic hydroxyl groups is 4.